The molecule has 2 fully saturated rings. The molecule has 1 aromatic carbocycles. The lowest BCUT2D eigenvalue weighted by molar-refractivity contribution is -0.143. The summed E-state index contributed by atoms with van der Waals surface area (Å²) in [5.41, 5.74) is 0.433. The molecule has 1 aliphatic heterocycles. The highest BCUT2D eigenvalue weighted by Gasteiger charge is 2.49. The number of hydrogen-bond acceptors (Lipinski definition) is 7. The molecule has 0 bridgehead atoms. The highest BCUT2D eigenvalue weighted by Crippen LogP contribution is 2.46. The second-order valence-electron chi connectivity index (χ2n) is 10.8. The zero-order valence-corrected chi connectivity index (χ0v) is 22.9. The minimum Gasteiger partial charge on any atom is -0.452 e. The van der Waals surface area contributed by atoms with Crippen molar-refractivity contribution in [3.63, 3.8) is 0 Å². The van der Waals surface area contributed by atoms with Crippen LogP contribution < -0.4 is 15.7 Å². The molecular formula is C29H25F4N7O3. The maximum atomic E-state index is 15.1. The standard InChI is InChI=1S/C29H25F4N7O3/c1-14(2)39-23-21(8-10-35-26(23)38-28(39)41)42-20-6-5-17(12-19(20)30)37-27-24(43-27)18-13-36-40(25(18)29(31,32)33)22-11-16(7-9-34-22)15-3-4-15/h5-15,24,27,37H,3-4H2,1-2H3,(H,35,38,41). The Morgan fingerprint density at radius 2 is 1.88 bits per heavy atom. The first kappa shape index (κ1) is 27.1. The minimum absolute atomic E-state index is 0.0855. The van der Waals surface area contributed by atoms with E-state index in [1.165, 1.54) is 35.2 Å². The van der Waals surface area contributed by atoms with Crippen LogP contribution >= 0.6 is 0 Å². The number of H-pyrrole nitrogens is 1. The van der Waals surface area contributed by atoms with E-state index in [0.717, 1.165) is 35.4 Å². The topological polar surface area (TPSA) is 115 Å². The average molecular weight is 596 g/mol. The first-order valence-corrected chi connectivity index (χ1v) is 13.7. The predicted molar refractivity (Wildman–Crippen MR) is 147 cm³/mol. The van der Waals surface area contributed by atoms with Crippen molar-refractivity contribution in [2.75, 3.05) is 5.32 Å². The maximum Gasteiger partial charge on any atom is 0.433 e. The monoisotopic (exact) mass is 595 g/mol. The van der Waals surface area contributed by atoms with Gasteiger partial charge in [0.25, 0.3) is 0 Å². The Balaban J connectivity index is 1.10. The fraction of sp³-hybridized carbons (Fsp3) is 0.310. The molecule has 14 heteroatoms. The van der Waals surface area contributed by atoms with Crippen LogP contribution in [-0.4, -0.2) is 35.5 Å². The molecule has 1 aliphatic carbocycles. The van der Waals surface area contributed by atoms with Crippen LogP contribution in [0, 0.1) is 5.82 Å². The van der Waals surface area contributed by atoms with E-state index in [1.807, 2.05) is 13.8 Å². The molecule has 0 amide bonds. The Kier molecular flexibility index (Phi) is 6.27. The third-order valence-corrected chi connectivity index (χ3v) is 7.45. The minimum atomic E-state index is -4.72. The van der Waals surface area contributed by atoms with E-state index < -0.39 is 30.0 Å². The lowest BCUT2D eigenvalue weighted by Crippen LogP contribution is -2.18. The molecular weight excluding hydrogens is 570 g/mol. The van der Waals surface area contributed by atoms with Crippen molar-refractivity contribution in [2.45, 2.75) is 57.2 Å². The van der Waals surface area contributed by atoms with E-state index in [1.54, 1.807) is 12.1 Å². The second kappa shape index (κ2) is 9.93. The van der Waals surface area contributed by atoms with E-state index in [0.29, 0.717) is 17.1 Å². The van der Waals surface area contributed by atoms with Crippen molar-refractivity contribution in [3.8, 4) is 17.3 Å². The number of nitrogens with one attached hydrogen (secondary N) is 2. The fourth-order valence-corrected chi connectivity index (χ4v) is 5.26. The van der Waals surface area contributed by atoms with Gasteiger partial charge >= 0.3 is 11.9 Å². The van der Waals surface area contributed by atoms with Crippen LogP contribution in [0.25, 0.3) is 17.0 Å². The molecule has 1 saturated carbocycles. The van der Waals surface area contributed by atoms with Gasteiger partial charge in [0.15, 0.2) is 40.7 Å². The number of hydrogen-bond donors (Lipinski definition) is 2. The number of imidazole rings is 1. The van der Waals surface area contributed by atoms with Crippen LogP contribution in [0.2, 0.25) is 0 Å². The van der Waals surface area contributed by atoms with Gasteiger partial charge in [-0.15, -0.1) is 0 Å². The van der Waals surface area contributed by atoms with E-state index in [9.17, 15) is 18.0 Å². The van der Waals surface area contributed by atoms with Crippen LogP contribution in [0.3, 0.4) is 0 Å². The smallest absolute Gasteiger partial charge is 0.433 e. The molecule has 5 aromatic rings. The van der Waals surface area contributed by atoms with Crippen molar-refractivity contribution in [3.05, 3.63) is 88.1 Å². The van der Waals surface area contributed by atoms with Gasteiger partial charge in [-0.3, -0.25) is 9.55 Å². The molecule has 2 unspecified atom stereocenters. The van der Waals surface area contributed by atoms with Gasteiger partial charge in [0, 0.05) is 41.8 Å². The van der Waals surface area contributed by atoms with Crippen LogP contribution in [0.15, 0.2) is 59.8 Å². The van der Waals surface area contributed by atoms with E-state index >= 15 is 4.39 Å². The second-order valence-corrected chi connectivity index (χ2v) is 10.8. The number of anilines is 1. The predicted octanol–water partition coefficient (Wildman–Crippen LogP) is 6.22. The summed E-state index contributed by atoms with van der Waals surface area (Å²) in [7, 11) is 0. The number of halogens is 4. The molecule has 222 valence electrons. The van der Waals surface area contributed by atoms with Gasteiger partial charge in [-0.05, 0) is 62.4 Å². The number of aromatic amines is 1. The van der Waals surface area contributed by atoms with Crippen LogP contribution in [-0.2, 0) is 10.9 Å². The Bertz CT molecular complexity index is 1910. The molecule has 2 N–H and O–H groups in total. The van der Waals surface area contributed by atoms with Crippen molar-refractivity contribution in [1.82, 2.24) is 29.3 Å². The summed E-state index contributed by atoms with van der Waals surface area (Å²) in [6, 6.07) is 8.81. The number of fused-ring (bicyclic) bond motifs is 1. The van der Waals surface area contributed by atoms with Crippen molar-refractivity contribution >= 4 is 16.9 Å². The number of rotatable bonds is 8. The summed E-state index contributed by atoms with van der Waals surface area (Å²) in [6.07, 6.45) is -0.459. The maximum absolute atomic E-state index is 15.1. The largest absolute Gasteiger partial charge is 0.452 e. The molecule has 0 radical (unpaired) electrons. The molecule has 2 aliphatic rings. The van der Waals surface area contributed by atoms with Gasteiger partial charge in [0.2, 0.25) is 0 Å². The van der Waals surface area contributed by atoms with Crippen molar-refractivity contribution in [2.24, 2.45) is 0 Å². The highest BCUT2D eigenvalue weighted by molar-refractivity contribution is 5.78. The number of alkyl halides is 3. The number of ether oxygens (including phenoxy) is 2. The third-order valence-electron chi connectivity index (χ3n) is 7.45. The van der Waals surface area contributed by atoms with Gasteiger partial charge in [0.05, 0.1) is 6.20 Å². The van der Waals surface area contributed by atoms with Gasteiger partial charge in [-0.1, -0.05) is 0 Å². The quantitative estimate of drug-likeness (QED) is 0.162. The van der Waals surface area contributed by atoms with Crippen molar-refractivity contribution < 1.29 is 27.0 Å². The Morgan fingerprint density at radius 3 is 2.60 bits per heavy atom. The Hall–Kier alpha value is -4.72. The van der Waals surface area contributed by atoms with E-state index in [-0.39, 0.29) is 40.3 Å². The fourth-order valence-electron chi connectivity index (χ4n) is 5.26. The Labute approximate surface area is 241 Å². The lowest BCUT2D eigenvalue weighted by atomic mass is 10.1. The summed E-state index contributed by atoms with van der Waals surface area (Å²) in [5.74, 6) is -0.188. The zero-order valence-electron chi connectivity index (χ0n) is 22.9. The number of epoxide rings is 1. The van der Waals surface area contributed by atoms with Gasteiger partial charge in [0.1, 0.15) is 11.6 Å². The molecule has 0 spiro atoms. The SMILES string of the molecule is CC(C)n1c(=O)[nH]c2nccc(Oc3ccc(NC4OC4c4cnn(-c5cc(C6CC6)ccn5)c4C(F)(F)F)cc3F)c21. The van der Waals surface area contributed by atoms with Crippen LogP contribution in [0.5, 0.6) is 11.5 Å². The molecule has 7 rings (SSSR count). The summed E-state index contributed by atoms with van der Waals surface area (Å²) in [5, 5.41) is 6.92. The summed E-state index contributed by atoms with van der Waals surface area (Å²) >= 11 is 0. The van der Waals surface area contributed by atoms with Gasteiger partial charge in [-0.2, -0.15) is 18.3 Å². The number of pyridine rings is 2. The molecule has 43 heavy (non-hydrogen) atoms. The normalized spacial score (nSPS) is 18.4. The van der Waals surface area contributed by atoms with Gasteiger partial charge < -0.3 is 14.8 Å². The number of nitrogens with zero attached hydrogens (tertiary/aromatic N) is 5. The molecule has 1 saturated heterocycles. The molecule has 5 heterocycles. The summed E-state index contributed by atoms with van der Waals surface area (Å²) in [6.45, 7) is 3.65. The average Bonchev–Trinajstić information content (AvgIpc) is 3.86. The molecule has 4 aromatic heterocycles. The van der Waals surface area contributed by atoms with Crippen LogP contribution in [0.1, 0.15) is 61.6 Å². The number of aromatic nitrogens is 6. The molecule has 10 nitrogen and oxygen atoms in total. The van der Waals surface area contributed by atoms with E-state index in [4.69, 9.17) is 9.47 Å². The lowest BCUT2D eigenvalue weighted by Gasteiger charge is -2.13. The van der Waals surface area contributed by atoms with Crippen molar-refractivity contribution in [1.29, 1.82) is 0 Å². The third kappa shape index (κ3) is 5.01. The zero-order chi connectivity index (χ0) is 30.0. The first-order chi connectivity index (χ1) is 20.6. The molecule has 2 atom stereocenters. The highest BCUT2D eigenvalue weighted by atomic mass is 19.4. The number of benzene rings is 1. The first-order valence-electron chi connectivity index (χ1n) is 13.7. The van der Waals surface area contributed by atoms with E-state index in [2.05, 4.69) is 25.4 Å². The Morgan fingerprint density at radius 1 is 1.09 bits per heavy atom. The van der Waals surface area contributed by atoms with Crippen LogP contribution in [0.4, 0.5) is 23.2 Å². The van der Waals surface area contributed by atoms with Gasteiger partial charge in [-0.25, -0.2) is 23.8 Å². The summed E-state index contributed by atoms with van der Waals surface area (Å²) in [4.78, 5) is 23.3. The summed E-state index contributed by atoms with van der Waals surface area (Å²) < 4.78 is 71.4.